The second-order valence-corrected chi connectivity index (χ2v) is 4.04. The number of nitrogens with zero attached hydrogens (tertiary/aromatic N) is 2. The van der Waals surface area contributed by atoms with Crippen LogP contribution >= 0.6 is 0 Å². The van der Waals surface area contributed by atoms with Gasteiger partial charge in [-0.25, -0.2) is 9.37 Å². The molecule has 4 heteroatoms. The number of halogens is 1. The highest BCUT2D eigenvalue weighted by molar-refractivity contribution is 5.47. The fourth-order valence-corrected chi connectivity index (χ4v) is 1.81. The number of hydrogen-bond donors (Lipinski definition) is 1. The molecule has 2 rings (SSSR count). The van der Waals surface area contributed by atoms with Crippen LogP contribution in [0.4, 0.5) is 10.3 Å². The average Bonchev–Trinajstić information content (AvgIpc) is 2.64. The number of hydrogen-bond acceptors (Lipinski definition) is 2. The Balaban J connectivity index is 2.55. The summed E-state index contributed by atoms with van der Waals surface area (Å²) >= 11 is 0. The van der Waals surface area contributed by atoms with E-state index in [-0.39, 0.29) is 5.82 Å². The van der Waals surface area contributed by atoms with Crippen molar-refractivity contribution in [1.82, 2.24) is 9.55 Å². The summed E-state index contributed by atoms with van der Waals surface area (Å²) in [6, 6.07) is 4.77. The molecule has 2 aromatic rings. The Morgan fingerprint density at radius 3 is 2.82 bits per heavy atom. The highest BCUT2D eigenvalue weighted by atomic mass is 19.1. The Labute approximate surface area is 100 Å². The molecule has 0 atom stereocenters. The molecule has 90 valence electrons. The highest BCUT2D eigenvalue weighted by Gasteiger charge is 2.09. The van der Waals surface area contributed by atoms with Gasteiger partial charge in [0.25, 0.3) is 0 Å². The second-order valence-electron chi connectivity index (χ2n) is 4.04. The van der Waals surface area contributed by atoms with E-state index in [2.05, 4.69) is 10.3 Å². The number of imidazole rings is 1. The number of aromatic nitrogens is 2. The molecular weight excluding hydrogens is 217 g/mol. The number of aryl methyl sites for hydroxylation is 2. The van der Waals surface area contributed by atoms with Crippen molar-refractivity contribution in [3.05, 3.63) is 41.5 Å². The molecule has 0 amide bonds. The van der Waals surface area contributed by atoms with Gasteiger partial charge in [-0.15, -0.1) is 0 Å². The van der Waals surface area contributed by atoms with Crippen molar-refractivity contribution in [1.29, 1.82) is 0 Å². The van der Waals surface area contributed by atoms with Crippen LogP contribution in [0, 0.1) is 19.7 Å². The fourth-order valence-electron chi connectivity index (χ4n) is 1.81. The molecule has 0 spiro atoms. The van der Waals surface area contributed by atoms with E-state index >= 15 is 0 Å². The molecule has 0 unspecified atom stereocenters. The molecule has 0 aliphatic carbocycles. The summed E-state index contributed by atoms with van der Waals surface area (Å²) in [5.41, 5.74) is 2.74. The fraction of sp³-hybridized carbons (Fsp3) is 0.308. The molecule has 0 aliphatic rings. The normalized spacial score (nSPS) is 10.6. The molecule has 0 fully saturated rings. The summed E-state index contributed by atoms with van der Waals surface area (Å²) in [5, 5.41) is 3.17. The van der Waals surface area contributed by atoms with E-state index < -0.39 is 0 Å². The number of rotatable bonds is 3. The van der Waals surface area contributed by atoms with Crippen molar-refractivity contribution in [2.75, 3.05) is 11.9 Å². The van der Waals surface area contributed by atoms with Gasteiger partial charge >= 0.3 is 0 Å². The van der Waals surface area contributed by atoms with Gasteiger partial charge in [-0.3, -0.25) is 4.57 Å². The first kappa shape index (κ1) is 11.6. The Morgan fingerprint density at radius 2 is 2.12 bits per heavy atom. The van der Waals surface area contributed by atoms with Gasteiger partial charge in [0.2, 0.25) is 5.95 Å². The predicted octanol–water partition coefficient (Wildman–Crippen LogP) is 3.06. The van der Waals surface area contributed by atoms with Gasteiger partial charge in [0.15, 0.2) is 0 Å². The van der Waals surface area contributed by atoms with Crippen molar-refractivity contribution >= 4 is 5.95 Å². The van der Waals surface area contributed by atoms with E-state index in [0.29, 0.717) is 0 Å². The van der Waals surface area contributed by atoms with Crippen LogP contribution in [0.25, 0.3) is 5.69 Å². The molecule has 1 aromatic carbocycles. The smallest absolute Gasteiger partial charge is 0.207 e. The minimum Gasteiger partial charge on any atom is -0.356 e. The van der Waals surface area contributed by atoms with E-state index in [0.717, 1.165) is 29.4 Å². The Bertz CT molecular complexity index is 531. The molecule has 1 heterocycles. The molecular formula is C13H16FN3. The maximum atomic E-state index is 13.3. The first-order valence-electron chi connectivity index (χ1n) is 5.68. The zero-order valence-corrected chi connectivity index (χ0v) is 10.3. The quantitative estimate of drug-likeness (QED) is 0.883. The standard InChI is InChI=1S/C13H16FN3/c1-4-15-13-16-10(3)8-17(13)12-7-11(14)6-5-9(12)2/h5-8H,4H2,1-3H3,(H,15,16). The lowest BCUT2D eigenvalue weighted by molar-refractivity contribution is 0.626. The third-order valence-corrected chi connectivity index (χ3v) is 2.59. The maximum Gasteiger partial charge on any atom is 0.207 e. The van der Waals surface area contributed by atoms with E-state index in [1.54, 1.807) is 6.07 Å². The van der Waals surface area contributed by atoms with E-state index in [1.807, 2.05) is 31.5 Å². The van der Waals surface area contributed by atoms with Gasteiger partial charge < -0.3 is 5.32 Å². The number of benzene rings is 1. The van der Waals surface area contributed by atoms with Gasteiger partial charge in [-0.2, -0.15) is 0 Å². The average molecular weight is 233 g/mol. The van der Waals surface area contributed by atoms with E-state index in [1.165, 1.54) is 12.1 Å². The van der Waals surface area contributed by atoms with Gasteiger partial charge in [0.05, 0.1) is 11.4 Å². The third-order valence-electron chi connectivity index (χ3n) is 2.59. The van der Waals surface area contributed by atoms with Crippen molar-refractivity contribution in [3.63, 3.8) is 0 Å². The van der Waals surface area contributed by atoms with Crippen LogP contribution in [0.2, 0.25) is 0 Å². The molecule has 0 radical (unpaired) electrons. The van der Waals surface area contributed by atoms with E-state index in [4.69, 9.17) is 0 Å². The molecule has 0 bridgehead atoms. The zero-order chi connectivity index (χ0) is 12.4. The maximum absolute atomic E-state index is 13.3. The monoisotopic (exact) mass is 233 g/mol. The van der Waals surface area contributed by atoms with E-state index in [9.17, 15) is 4.39 Å². The summed E-state index contributed by atoms with van der Waals surface area (Å²) in [6.07, 6.45) is 1.90. The molecule has 17 heavy (non-hydrogen) atoms. The molecule has 1 N–H and O–H groups in total. The highest BCUT2D eigenvalue weighted by Crippen LogP contribution is 2.20. The molecule has 0 aliphatic heterocycles. The largest absolute Gasteiger partial charge is 0.356 e. The first-order valence-corrected chi connectivity index (χ1v) is 5.68. The van der Waals surface area contributed by atoms with Gasteiger partial charge in [-0.05, 0) is 38.5 Å². The van der Waals surface area contributed by atoms with Crippen molar-refractivity contribution in [3.8, 4) is 5.69 Å². The van der Waals surface area contributed by atoms with Gasteiger partial charge in [0, 0.05) is 12.7 Å². The Kier molecular flexibility index (Phi) is 3.13. The zero-order valence-electron chi connectivity index (χ0n) is 10.3. The second kappa shape index (κ2) is 4.57. The predicted molar refractivity (Wildman–Crippen MR) is 67.2 cm³/mol. The summed E-state index contributed by atoms with van der Waals surface area (Å²) in [5.74, 6) is 0.512. The minimum atomic E-state index is -0.237. The third kappa shape index (κ3) is 2.30. The van der Waals surface area contributed by atoms with Gasteiger partial charge in [0.1, 0.15) is 5.82 Å². The van der Waals surface area contributed by atoms with Crippen LogP contribution in [0.1, 0.15) is 18.2 Å². The van der Waals surface area contributed by atoms with Crippen LogP contribution in [-0.2, 0) is 0 Å². The summed E-state index contributed by atoms with van der Waals surface area (Å²) < 4.78 is 15.2. The molecule has 0 saturated heterocycles. The first-order chi connectivity index (χ1) is 8.11. The van der Waals surface area contributed by atoms with Crippen LogP contribution < -0.4 is 5.32 Å². The van der Waals surface area contributed by atoms with Crippen LogP contribution in [0.5, 0.6) is 0 Å². The topological polar surface area (TPSA) is 29.9 Å². The summed E-state index contributed by atoms with van der Waals surface area (Å²) in [6.45, 7) is 6.67. The number of nitrogens with one attached hydrogen (secondary N) is 1. The Morgan fingerprint density at radius 1 is 1.35 bits per heavy atom. The van der Waals surface area contributed by atoms with Gasteiger partial charge in [-0.1, -0.05) is 6.07 Å². The summed E-state index contributed by atoms with van der Waals surface area (Å²) in [4.78, 5) is 4.38. The lowest BCUT2D eigenvalue weighted by Crippen LogP contribution is -2.06. The Hall–Kier alpha value is -1.84. The van der Waals surface area contributed by atoms with Crippen molar-refractivity contribution in [2.24, 2.45) is 0 Å². The molecule has 0 saturated carbocycles. The molecule has 3 nitrogen and oxygen atoms in total. The van der Waals surface area contributed by atoms with Crippen molar-refractivity contribution < 1.29 is 4.39 Å². The van der Waals surface area contributed by atoms with Crippen molar-refractivity contribution in [2.45, 2.75) is 20.8 Å². The lowest BCUT2D eigenvalue weighted by Gasteiger charge is -2.11. The lowest BCUT2D eigenvalue weighted by atomic mass is 10.2. The minimum absolute atomic E-state index is 0.237. The van der Waals surface area contributed by atoms with Crippen LogP contribution in [0.3, 0.4) is 0 Å². The summed E-state index contributed by atoms with van der Waals surface area (Å²) in [7, 11) is 0. The van der Waals surface area contributed by atoms with Crippen LogP contribution in [-0.4, -0.2) is 16.1 Å². The number of anilines is 1. The SMILES string of the molecule is CCNc1nc(C)cn1-c1cc(F)ccc1C. The molecule has 1 aromatic heterocycles. The van der Waals surface area contributed by atoms with Crippen LogP contribution in [0.15, 0.2) is 24.4 Å².